The number of hydrogen-bond donors (Lipinski definition) is 2. The number of hydrazine groups is 1. The van der Waals surface area contributed by atoms with E-state index in [4.69, 9.17) is 4.74 Å². The van der Waals surface area contributed by atoms with Gasteiger partial charge < -0.3 is 10.1 Å². The van der Waals surface area contributed by atoms with Crippen LogP contribution < -0.4 is 19.9 Å². The molecule has 1 atom stereocenters. The van der Waals surface area contributed by atoms with Crippen molar-refractivity contribution in [2.45, 2.75) is 26.2 Å². The Morgan fingerprint density at radius 3 is 2.35 bits per heavy atom. The van der Waals surface area contributed by atoms with E-state index >= 15 is 0 Å². The van der Waals surface area contributed by atoms with Gasteiger partial charge >= 0.3 is 0 Å². The van der Waals surface area contributed by atoms with Crippen LogP contribution in [0.25, 0.3) is 10.8 Å². The normalized spacial score (nSPS) is 12.5. The summed E-state index contributed by atoms with van der Waals surface area (Å²) >= 11 is 0. The van der Waals surface area contributed by atoms with Crippen molar-refractivity contribution in [3.05, 3.63) is 65.7 Å². The Bertz CT molecular complexity index is 1130. The standard InChI is InChI=1S/C24H29N3O3S/c1-24(2,3)17-14-20(22(30-5)21(15-17)27(25-4)31(6)29)26-23(28)19-13-9-11-16-10-7-8-12-18(16)19/h7-15,25H,1-6H3,(H,26,28). The van der Waals surface area contributed by atoms with Gasteiger partial charge in [0.2, 0.25) is 0 Å². The van der Waals surface area contributed by atoms with Gasteiger partial charge in [-0.05, 0) is 39.9 Å². The van der Waals surface area contributed by atoms with Crippen LogP contribution in [-0.4, -0.2) is 30.5 Å². The molecule has 31 heavy (non-hydrogen) atoms. The van der Waals surface area contributed by atoms with Gasteiger partial charge in [-0.25, -0.2) is 14.0 Å². The third kappa shape index (κ3) is 4.73. The predicted molar refractivity (Wildman–Crippen MR) is 129 cm³/mol. The zero-order valence-corrected chi connectivity index (χ0v) is 19.6. The molecule has 1 amide bonds. The molecule has 0 aliphatic rings. The molecule has 0 aliphatic carbocycles. The van der Waals surface area contributed by atoms with Crippen LogP contribution in [0.5, 0.6) is 5.75 Å². The van der Waals surface area contributed by atoms with Crippen LogP contribution in [0.4, 0.5) is 11.4 Å². The van der Waals surface area contributed by atoms with E-state index in [1.54, 1.807) is 19.4 Å². The van der Waals surface area contributed by atoms with E-state index in [9.17, 15) is 9.00 Å². The minimum absolute atomic E-state index is 0.200. The van der Waals surface area contributed by atoms with Gasteiger partial charge in [0, 0.05) is 18.9 Å². The number of methoxy groups -OCH3 is 1. The fraction of sp³-hybridized carbons (Fsp3) is 0.292. The third-order valence-corrected chi connectivity index (χ3v) is 5.99. The van der Waals surface area contributed by atoms with Gasteiger partial charge in [-0.1, -0.05) is 57.2 Å². The molecule has 2 N–H and O–H groups in total. The average Bonchev–Trinajstić information content (AvgIpc) is 2.72. The molecule has 3 aromatic rings. The van der Waals surface area contributed by atoms with Crippen molar-refractivity contribution in [2.75, 3.05) is 30.1 Å². The van der Waals surface area contributed by atoms with Crippen molar-refractivity contribution < 1.29 is 13.7 Å². The van der Waals surface area contributed by atoms with E-state index < -0.39 is 11.0 Å². The lowest BCUT2D eigenvalue weighted by molar-refractivity contribution is 0.102. The van der Waals surface area contributed by atoms with Crippen LogP contribution in [-0.2, 0) is 16.4 Å². The van der Waals surface area contributed by atoms with Gasteiger partial charge in [-0.2, -0.15) is 0 Å². The molecule has 0 fully saturated rings. The summed E-state index contributed by atoms with van der Waals surface area (Å²) in [5.74, 6) is 0.201. The molecule has 0 saturated carbocycles. The van der Waals surface area contributed by atoms with Crippen molar-refractivity contribution in [1.82, 2.24) is 5.43 Å². The lowest BCUT2D eigenvalue weighted by Gasteiger charge is -2.28. The lowest BCUT2D eigenvalue weighted by Crippen LogP contribution is -2.36. The quantitative estimate of drug-likeness (QED) is 0.549. The van der Waals surface area contributed by atoms with Crippen LogP contribution in [0.15, 0.2) is 54.6 Å². The number of fused-ring (bicyclic) bond motifs is 1. The van der Waals surface area contributed by atoms with Crippen LogP contribution in [0.2, 0.25) is 0 Å². The zero-order valence-electron chi connectivity index (χ0n) is 18.8. The van der Waals surface area contributed by atoms with Crippen molar-refractivity contribution in [1.29, 1.82) is 0 Å². The number of nitrogens with zero attached hydrogens (tertiary/aromatic N) is 1. The molecule has 0 bridgehead atoms. The van der Waals surface area contributed by atoms with Gasteiger partial charge in [0.15, 0.2) is 5.75 Å². The van der Waals surface area contributed by atoms with E-state index in [2.05, 4.69) is 31.5 Å². The van der Waals surface area contributed by atoms with Crippen molar-refractivity contribution in [3.8, 4) is 5.75 Å². The highest BCUT2D eigenvalue weighted by Gasteiger charge is 2.25. The molecule has 164 valence electrons. The first-order chi connectivity index (χ1) is 14.7. The summed E-state index contributed by atoms with van der Waals surface area (Å²) in [6.07, 6.45) is 1.58. The SMILES string of the molecule is CNN(c1cc(C(C)(C)C)cc(NC(=O)c2cccc3ccccc23)c1OC)S(C)=O. The maximum Gasteiger partial charge on any atom is 0.256 e. The molecule has 0 aromatic heterocycles. The molecule has 6 nitrogen and oxygen atoms in total. The predicted octanol–water partition coefficient (Wildman–Crippen LogP) is 4.63. The van der Waals surface area contributed by atoms with Crippen LogP contribution in [0, 0.1) is 0 Å². The highest BCUT2D eigenvalue weighted by atomic mass is 32.2. The summed E-state index contributed by atoms with van der Waals surface area (Å²) in [7, 11) is 1.88. The fourth-order valence-electron chi connectivity index (χ4n) is 3.51. The number of anilines is 2. The number of ether oxygens (including phenoxy) is 1. The van der Waals surface area contributed by atoms with Crippen LogP contribution in [0.3, 0.4) is 0 Å². The Labute approximate surface area is 186 Å². The maximum atomic E-state index is 13.3. The number of amides is 1. The first-order valence-electron chi connectivity index (χ1n) is 10.00. The van der Waals surface area contributed by atoms with E-state index in [1.807, 2.05) is 48.5 Å². The number of nitrogens with one attached hydrogen (secondary N) is 2. The maximum absolute atomic E-state index is 13.3. The summed E-state index contributed by atoms with van der Waals surface area (Å²) in [5.41, 5.74) is 5.41. The van der Waals surface area contributed by atoms with Gasteiger partial charge in [-0.3, -0.25) is 4.79 Å². The molecule has 7 heteroatoms. The highest BCUT2D eigenvalue weighted by Crippen LogP contribution is 2.40. The summed E-state index contributed by atoms with van der Waals surface area (Å²) in [6, 6.07) is 17.3. The Balaban J connectivity index is 2.15. The van der Waals surface area contributed by atoms with E-state index in [-0.39, 0.29) is 11.3 Å². The van der Waals surface area contributed by atoms with E-state index in [0.29, 0.717) is 22.7 Å². The van der Waals surface area contributed by atoms with Crippen LogP contribution >= 0.6 is 0 Å². The van der Waals surface area contributed by atoms with Gasteiger partial charge in [-0.15, -0.1) is 0 Å². The summed E-state index contributed by atoms with van der Waals surface area (Å²) in [5, 5.41) is 4.89. The molecule has 0 aliphatic heterocycles. The molecule has 1 unspecified atom stereocenters. The molecule has 0 heterocycles. The van der Waals surface area contributed by atoms with Gasteiger partial charge in [0.1, 0.15) is 16.7 Å². The largest absolute Gasteiger partial charge is 0.492 e. The number of rotatable bonds is 6. The minimum Gasteiger partial charge on any atom is -0.492 e. The smallest absolute Gasteiger partial charge is 0.256 e. The second-order valence-corrected chi connectivity index (χ2v) is 9.46. The molecule has 0 spiro atoms. The van der Waals surface area contributed by atoms with Crippen molar-refractivity contribution in [2.24, 2.45) is 0 Å². The molecular weight excluding hydrogens is 410 g/mol. The second-order valence-electron chi connectivity index (χ2n) is 8.25. The Kier molecular flexibility index (Phi) is 6.67. The Morgan fingerprint density at radius 2 is 1.74 bits per heavy atom. The molecular formula is C24H29N3O3S. The number of benzene rings is 3. The Morgan fingerprint density at radius 1 is 1.06 bits per heavy atom. The van der Waals surface area contributed by atoms with Crippen LogP contribution in [0.1, 0.15) is 36.7 Å². The monoisotopic (exact) mass is 439 g/mol. The Hall–Kier alpha value is -2.90. The number of carbonyl (C=O) groups is 1. The number of hydrogen-bond acceptors (Lipinski definition) is 4. The molecule has 3 aromatic carbocycles. The first kappa shape index (κ1) is 22.8. The zero-order chi connectivity index (χ0) is 22.8. The van der Waals surface area contributed by atoms with Crippen molar-refractivity contribution >= 4 is 39.0 Å². The highest BCUT2D eigenvalue weighted by molar-refractivity contribution is 7.85. The van der Waals surface area contributed by atoms with E-state index in [1.165, 1.54) is 11.5 Å². The molecule has 0 radical (unpaired) electrons. The average molecular weight is 440 g/mol. The lowest BCUT2D eigenvalue weighted by atomic mass is 9.86. The minimum atomic E-state index is -1.35. The summed E-state index contributed by atoms with van der Waals surface area (Å²) in [6.45, 7) is 6.25. The van der Waals surface area contributed by atoms with Gasteiger partial charge in [0.25, 0.3) is 5.91 Å². The molecule has 0 saturated heterocycles. The third-order valence-electron chi connectivity index (χ3n) is 5.10. The molecule has 3 rings (SSSR count). The second kappa shape index (κ2) is 9.08. The topological polar surface area (TPSA) is 70.7 Å². The fourth-order valence-corrected chi connectivity index (χ4v) is 4.18. The van der Waals surface area contributed by atoms with E-state index in [0.717, 1.165) is 16.3 Å². The van der Waals surface area contributed by atoms with Crippen molar-refractivity contribution in [3.63, 3.8) is 0 Å². The summed E-state index contributed by atoms with van der Waals surface area (Å²) < 4.78 is 19.5. The number of carbonyl (C=O) groups excluding carboxylic acids is 1. The first-order valence-corrected chi connectivity index (χ1v) is 11.5. The summed E-state index contributed by atoms with van der Waals surface area (Å²) in [4.78, 5) is 13.3. The van der Waals surface area contributed by atoms with Gasteiger partial charge in [0.05, 0.1) is 12.8 Å².